The van der Waals surface area contributed by atoms with Crippen LogP contribution in [0.4, 0.5) is 5.69 Å². The molecular weight excluding hydrogens is 432 g/mol. The molecule has 2 aromatic rings. The van der Waals surface area contributed by atoms with Gasteiger partial charge in [0, 0.05) is 11.8 Å². The van der Waals surface area contributed by atoms with E-state index in [0.717, 1.165) is 18.6 Å². The molecule has 0 saturated carbocycles. The van der Waals surface area contributed by atoms with E-state index in [1.54, 1.807) is 0 Å². The quantitative estimate of drug-likeness (QED) is 0.424. The van der Waals surface area contributed by atoms with Crippen molar-refractivity contribution in [1.82, 2.24) is 4.90 Å². The molecular formula is C27H34N2O5. The number of benzene rings is 2. The van der Waals surface area contributed by atoms with Crippen LogP contribution in [0.1, 0.15) is 46.1 Å². The summed E-state index contributed by atoms with van der Waals surface area (Å²) in [7, 11) is 0. The SMILES string of the molecule is CCCOc1ccc(C2=C(Nc3cccc(OCCC)c3)C(=O)N(CCOC(C)C)C2=O)cc1. The summed E-state index contributed by atoms with van der Waals surface area (Å²) in [4.78, 5) is 27.9. The number of rotatable bonds is 13. The third kappa shape index (κ3) is 6.38. The summed E-state index contributed by atoms with van der Waals surface area (Å²) in [5.74, 6) is 0.699. The predicted octanol–water partition coefficient (Wildman–Crippen LogP) is 4.88. The van der Waals surface area contributed by atoms with E-state index >= 15 is 0 Å². The summed E-state index contributed by atoms with van der Waals surface area (Å²) in [6.07, 6.45) is 1.81. The highest BCUT2D eigenvalue weighted by atomic mass is 16.5. The van der Waals surface area contributed by atoms with E-state index < -0.39 is 0 Å². The van der Waals surface area contributed by atoms with E-state index in [1.807, 2.05) is 76.2 Å². The lowest BCUT2D eigenvalue weighted by Crippen LogP contribution is -2.35. The molecule has 3 rings (SSSR count). The molecule has 7 nitrogen and oxygen atoms in total. The average Bonchev–Trinajstić information content (AvgIpc) is 3.06. The zero-order chi connectivity index (χ0) is 24.5. The summed E-state index contributed by atoms with van der Waals surface area (Å²) in [6, 6.07) is 14.6. The summed E-state index contributed by atoms with van der Waals surface area (Å²) in [5.41, 5.74) is 1.89. The number of amides is 2. The third-order valence-corrected chi connectivity index (χ3v) is 5.13. The Hall–Kier alpha value is -3.32. The summed E-state index contributed by atoms with van der Waals surface area (Å²) in [5, 5.41) is 3.18. The second-order valence-corrected chi connectivity index (χ2v) is 8.31. The van der Waals surface area contributed by atoms with E-state index in [9.17, 15) is 9.59 Å². The van der Waals surface area contributed by atoms with Gasteiger partial charge in [0.25, 0.3) is 11.8 Å². The number of hydrogen-bond acceptors (Lipinski definition) is 6. The molecule has 0 unspecified atom stereocenters. The van der Waals surface area contributed by atoms with Gasteiger partial charge in [0.2, 0.25) is 0 Å². The summed E-state index contributed by atoms with van der Waals surface area (Å²) >= 11 is 0. The molecule has 1 heterocycles. The van der Waals surface area contributed by atoms with Crippen LogP contribution in [0, 0.1) is 0 Å². The molecule has 1 aliphatic rings. The number of carbonyl (C=O) groups excluding carboxylic acids is 2. The van der Waals surface area contributed by atoms with E-state index in [2.05, 4.69) is 5.32 Å². The molecule has 0 bridgehead atoms. The van der Waals surface area contributed by atoms with Crippen LogP contribution in [0.5, 0.6) is 11.5 Å². The van der Waals surface area contributed by atoms with Gasteiger partial charge in [0.15, 0.2) is 0 Å². The van der Waals surface area contributed by atoms with Crippen LogP contribution in [0.3, 0.4) is 0 Å². The van der Waals surface area contributed by atoms with Gasteiger partial charge in [-0.1, -0.05) is 32.0 Å². The smallest absolute Gasteiger partial charge is 0.278 e. The zero-order valence-electron chi connectivity index (χ0n) is 20.4. The maximum atomic E-state index is 13.4. The first-order chi connectivity index (χ1) is 16.4. The van der Waals surface area contributed by atoms with Crippen molar-refractivity contribution in [3.05, 3.63) is 59.8 Å². The second kappa shape index (κ2) is 12.2. The fourth-order valence-electron chi connectivity index (χ4n) is 3.51. The van der Waals surface area contributed by atoms with E-state index in [-0.39, 0.29) is 36.8 Å². The van der Waals surface area contributed by atoms with Crippen LogP contribution < -0.4 is 14.8 Å². The van der Waals surface area contributed by atoms with Gasteiger partial charge < -0.3 is 19.5 Å². The zero-order valence-corrected chi connectivity index (χ0v) is 20.4. The Morgan fingerprint density at radius 3 is 2.18 bits per heavy atom. The molecule has 0 radical (unpaired) electrons. The van der Waals surface area contributed by atoms with Crippen LogP contribution in [-0.2, 0) is 14.3 Å². The minimum Gasteiger partial charge on any atom is -0.494 e. The average molecular weight is 467 g/mol. The molecule has 0 saturated heterocycles. The molecule has 0 fully saturated rings. The molecule has 7 heteroatoms. The number of anilines is 1. The summed E-state index contributed by atoms with van der Waals surface area (Å²) < 4.78 is 17.0. The third-order valence-electron chi connectivity index (χ3n) is 5.13. The number of ether oxygens (including phenoxy) is 3. The van der Waals surface area contributed by atoms with Crippen molar-refractivity contribution in [2.45, 2.75) is 46.6 Å². The molecule has 1 aliphatic heterocycles. The van der Waals surface area contributed by atoms with Crippen molar-refractivity contribution >= 4 is 23.1 Å². The van der Waals surface area contributed by atoms with Gasteiger partial charge in [-0.05, 0) is 56.5 Å². The van der Waals surface area contributed by atoms with Crippen molar-refractivity contribution in [2.75, 3.05) is 31.7 Å². The first-order valence-corrected chi connectivity index (χ1v) is 11.9. The van der Waals surface area contributed by atoms with Gasteiger partial charge >= 0.3 is 0 Å². The molecule has 34 heavy (non-hydrogen) atoms. The Morgan fingerprint density at radius 2 is 1.53 bits per heavy atom. The lowest BCUT2D eigenvalue weighted by Gasteiger charge is -2.16. The van der Waals surface area contributed by atoms with Crippen LogP contribution >= 0.6 is 0 Å². The second-order valence-electron chi connectivity index (χ2n) is 8.31. The van der Waals surface area contributed by atoms with Crippen molar-refractivity contribution in [3.63, 3.8) is 0 Å². The van der Waals surface area contributed by atoms with Gasteiger partial charge in [-0.3, -0.25) is 14.5 Å². The monoisotopic (exact) mass is 466 g/mol. The Labute approximate surface area is 201 Å². The first-order valence-electron chi connectivity index (χ1n) is 11.9. The highest BCUT2D eigenvalue weighted by Gasteiger charge is 2.39. The molecule has 1 N–H and O–H groups in total. The van der Waals surface area contributed by atoms with Crippen LogP contribution in [0.15, 0.2) is 54.2 Å². The van der Waals surface area contributed by atoms with E-state index in [0.29, 0.717) is 35.8 Å². The number of imide groups is 1. The van der Waals surface area contributed by atoms with Gasteiger partial charge in [-0.2, -0.15) is 0 Å². The highest BCUT2D eigenvalue weighted by Crippen LogP contribution is 2.32. The number of nitrogens with one attached hydrogen (secondary N) is 1. The molecule has 0 aliphatic carbocycles. The van der Waals surface area contributed by atoms with Crippen LogP contribution in [-0.4, -0.2) is 49.2 Å². The van der Waals surface area contributed by atoms with Gasteiger partial charge in [-0.25, -0.2) is 0 Å². The maximum absolute atomic E-state index is 13.4. The van der Waals surface area contributed by atoms with E-state index in [4.69, 9.17) is 14.2 Å². The number of nitrogens with zero attached hydrogens (tertiary/aromatic N) is 1. The van der Waals surface area contributed by atoms with Crippen molar-refractivity contribution in [3.8, 4) is 11.5 Å². The van der Waals surface area contributed by atoms with Gasteiger partial charge in [0.1, 0.15) is 17.2 Å². The van der Waals surface area contributed by atoms with Crippen LogP contribution in [0.2, 0.25) is 0 Å². The first kappa shape index (κ1) is 25.3. The minimum atomic E-state index is -0.376. The van der Waals surface area contributed by atoms with Gasteiger partial charge in [0.05, 0.1) is 38.0 Å². The largest absolute Gasteiger partial charge is 0.494 e. The molecule has 0 spiro atoms. The maximum Gasteiger partial charge on any atom is 0.278 e. The predicted molar refractivity (Wildman–Crippen MR) is 133 cm³/mol. The fraction of sp³-hybridized carbons (Fsp3) is 0.407. The van der Waals surface area contributed by atoms with Crippen molar-refractivity contribution in [2.24, 2.45) is 0 Å². The fourth-order valence-corrected chi connectivity index (χ4v) is 3.51. The van der Waals surface area contributed by atoms with Crippen molar-refractivity contribution < 1.29 is 23.8 Å². The molecule has 0 atom stereocenters. The topological polar surface area (TPSA) is 77.1 Å². The Balaban J connectivity index is 1.91. The Bertz CT molecular complexity index is 1010. The molecule has 182 valence electrons. The lowest BCUT2D eigenvalue weighted by molar-refractivity contribution is -0.137. The summed E-state index contributed by atoms with van der Waals surface area (Å²) in [6.45, 7) is 9.59. The van der Waals surface area contributed by atoms with Crippen molar-refractivity contribution in [1.29, 1.82) is 0 Å². The molecule has 2 aromatic carbocycles. The highest BCUT2D eigenvalue weighted by molar-refractivity contribution is 6.36. The Kier molecular flexibility index (Phi) is 9.10. The molecule has 2 amide bonds. The lowest BCUT2D eigenvalue weighted by atomic mass is 10.0. The number of carbonyl (C=O) groups is 2. The number of hydrogen-bond donors (Lipinski definition) is 1. The normalized spacial score (nSPS) is 13.7. The Morgan fingerprint density at radius 1 is 0.853 bits per heavy atom. The standard InChI is InChI=1S/C27H34N2O5/c1-5-15-33-22-12-10-20(11-13-22)24-25(27(31)29(26(24)30)14-17-32-19(3)4)28-21-8-7-9-23(18-21)34-16-6-2/h7-13,18-19,28H,5-6,14-17H2,1-4H3. The van der Waals surface area contributed by atoms with E-state index in [1.165, 1.54) is 4.90 Å². The van der Waals surface area contributed by atoms with Gasteiger partial charge in [-0.15, -0.1) is 0 Å². The minimum absolute atomic E-state index is 0.0133. The molecule has 0 aromatic heterocycles. The van der Waals surface area contributed by atoms with Crippen LogP contribution in [0.25, 0.3) is 5.57 Å².